The van der Waals surface area contributed by atoms with E-state index < -0.39 is 23.4 Å². The largest absolute Gasteiger partial charge is 0.480 e. The van der Waals surface area contributed by atoms with E-state index in [0.717, 1.165) is 23.6 Å². The Kier molecular flexibility index (Phi) is 9.12. The second-order valence-electron chi connectivity index (χ2n) is 11.9. The first-order valence-electron chi connectivity index (χ1n) is 13.5. The molecule has 0 aliphatic heterocycles. The molecule has 3 amide bonds. The van der Waals surface area contributed by atoms with Crippen LogP contribution in [0.25, 0.3) is 10.8 Å². The lowest BCUT2D eigenvalue weighted by Crippen LogP contribution is -2.58. The van der Waals surface area contributed by atoms with Gasteiger partial charge in [-0.15, -0.1) is 0 Å². The van der Waals surface area contributed by atoms with Gasteiger partial charge in [0.15, 0.2) is 0 Å². The van der Waals surface area contributed by atoms with Gasteiger partial charge in [-0.3, -0.25) is 4.79 Å². The highest BCUT2D eigenvalue weighted by Gasteiger charge is 2.45. The minimum Gasteiger partial charge on any atom is -0.480 e. The number of nitrogens with one attached hydrogen (secondary N) is 3. The Morgan fingerprint density at radius 2 is 1.34 bits per heavy atom. The van der Waals surface area contributed by atoms with Crippen LogP contribution in [-0.4, -0.2) is 28.6 Å². The summed E-state index contributed by atoms with van der Waals surface area (Å²) in [5, 5.41) is 20.6. The van der Waals surface area contributed by atoms with Gasteiger partial charge in [0.05, 0.1) is 27.0 Å². The number of benzene rings is 3. The highest BCUT2D eigenvalue weighted by Crippen LogP contribution is 2.43. The molecule has 41 heavy (non-hydrogen) atoms. The number of fused-ring (bicyclic) bond motifs is 1. The number of carbonyl (C=O) groups excluding carboxylic acids is 2. The van der Waals surface area contributed by atoms with Crippen molar-refractivity contribution in [1.82, 2.24) is 5.32 Å². The quantitative estimate of drug-likeness (QED) is 0.221. The normalized spacial score (nSPS) is 18.8. The number of anilines is 2. The molecule has 1 fully saturated rings. The summed E-state index contributed by atoms with van der Waals surface area (Å²) in [4.78, 5) is 39.4. The minimum atomic E-state index is -1.49. The lowest BCUT2D eigenvalue weighted by Gasteiger charge is -2.42. The number of carboxylic acids is 1. The van der Waals surface area contributed by atoms with Crippen LogP contribution < -0.4 is 16.0 Å². The Morgan fingerprint density at radius 1 is 0.805 bits per heavy atom. The molecule has 1 atom stereocenters. The minimum absolute atomic E-state index is 0.128. The molecule has 7 nitrogen and oxygen atoms in total. The Labute approximate surface area is 254 Å². The van der Waals surface area contributed by atoms with Crippen molar-refractivity contribution >= 4 is 74.9 Å². The molecule has 3 aromatic rings. The van der Waals surface area contributed by atoms with Crippen molar-refractivity contribution in [3.8, 4) is 0 Å². The van der Waals surface area contributed by atoms with Crippen LogP contribution in [0.3, 0.4) is 0 Å². The van der Waals surface area contributed by atoms with Gasteiger partial charge in [0.1, 0.15) is 5.54 Å². The van der Waals surface area contributed by atoms with Crippen LogP contribution in [0.5, 0.6) is 0 Å². The SMILES string of the molecule is CC(C)(C)[C@H]1CC[C@H]([C@](C)(NC(=O)c2cc3ccccc3cc2NC(=O)Nc2c(Cl)cc(Cl)cc2Cl)C(=O)O)CC1. The summed E-state index contributed by atoms with van der Waals surface area (Å²) in [7, 11) is 0. The molecule has 0 radical (unpaired) electrons. The second kappa shape index (κ2) is 12.1. The number of amides is 3. The molecule has 0 unspecified atom stereocenters. The highest BCUT2D eigenvalue weighted by atomic mass is 35.5. The van der Waals surface area contributed by atoms with E-state index in [2.05, 4.69) is 36.7 Å². The van der Waals surface area contributed by atoms with E-state index in [1.54, 1.807) is 19.1 Å². The number of rotatable bonds is 6. The summed E-state index contributed by atoms with van der Waals surface area (Å²) in [6.07, 6.45) is 3.18. The van der Waals surface area contributed by atoms with Crippen molar-refractivity contribution in [2.75, 3.05) is 10.6 Å². The zero-order valence-electron chi connectivity index (χ0n) is 23.4. The molecule has 4 N–H and O–H groups in total. The van der Waals surface area contributed by atoms with E-state index >= 15 is 0 Å². The zero-order valence-corrected chi connectivity index (χ0v) is 25.7. The molecule has 0 heterocycles. The summed E-state index contributed by atoms with van der Waals surface area (Å²) in [5.74, 6) is -1.44. The van der Waals surface area contributed by atoms with Crippen LogP contribution in [-0.2, 0) is 4.79 Å². The fourth-order valence-corrected chi connectivity index (χ4v) is 6.54. The summed E-state index contributed by atoms with van der Waals surface area (Å²) < 4.78 is 0. The Morgan fingerprint density at radius 3 is 1.88 bits per heavy atom. The number of carboxylic acid groups (broad SMARTS) is 1. The molecular weight excluding hydrogens is 585 g/mol. The Hall–Kier alpha value is -3.00. The monoisotopic (exact) mass is 617 g/mol. The molecule has 0 spiro atoms. The third-order valence-electron chi connectivity index (χ3n) is 8.21. The summed E-state index contributed by atoms with van der Waals surface area (Å²) in [5.41, 5.74) is -0.867. The number of halogens is 3. The highest BCUT2D eigenvalue weighted by molar-refractivity contribution is 6.42. The van der Waals surface area contributed by atoms with Crippen LogP contribution in [0, 0.1) is 17.3 Å². The topological polar surface area (TPSA) is 108 Å². The molecular formula is C31H34Cl3N3O4. The van der Waals surface area contributed by atoms with Gasteiger partial charge >= 0.3 is 12.0 Å². The third-order valence-corrected chi connectivity index (χ3v) is 9.02. The Bertz CT molecular complexity index is 1470. The smallest absolute Gasteiger partial charge is 0.329 e. The number of hydrogen-bond acceptors (Lipinski definition) is 3. The summed E-state index contributed by atoms with van der Waals surface area (Å²) in [6.45, 7) is 8.18. The van der Waals surface area contributed by atoms with Gasteiger partial charge in [0, 0.05) is 5.02 Å². The zero-order chi connectivity index (χ0) is 30.1. The summed E-state index contributed by atoms with van der Waals surface area (Å²) >= 11 is 18.4. The van der Waals surface area contributed by atoms with E-state index in [-0.39, 0.29) is 38.3 Å². The molecule has 0 bridgehead atoms. The van der Waals surface area contributed by atoms with Crippen molar-refractivity contribution in [2.45, 2.75) is 58.9 Å². The molecule has 1 saturated carbocycles. The molecule has 4 rings (SSSR count). The first kappa shape index (κ1) is 30.9. The molecule has 1 aliphatic carbocycles. The summed E-state index contributed by atoms with van der Waals surface area (Å²) in [6, 6.07) is 12.9. The predicted octanol–water partition coefficient (Wildman–Crippen LogP) is 8.87. The number of hydrogen-bond donors (Lipinski definition) is 4. The van der Waals surface area contributed by atoms with Gasteiger partial charge < -0.3 is 21.1 Å². The maximum atomic E-state index is 13.8. The van der Waals surface area contributed by atoms with Gasteiger partial charge in [-0.05, 0) is 84.9 Å². The number of carbonyl (C=O) groups is 3. The van der Waals surface area contributed by atoms with Crippen LogP contribution in [0.4, 0.5) is 16.2 Å². The predicted molar refractivity (Wildman–Crippen MR) is 166 cm³/mol. The van der Waals surface area contributed by atoms with E-state index in [1.165, 1.54) is 12.1 Å². The van der Waals surface area contributed by atoms with Crippen LogP contribution in [0.1, 0.15) is 63.7 Å². The number of aliphatic carboxylic acids is 1. The lowest BCUT2D eigenvalue weighted by molar-refractivity contribution is -0.147. The van der Waals surface area contributed by atoms with Crippen molar-refractivity contribution in [2.24, 2.45) is 17.3 Å². The average molecular weight is 619 g/mol. The molecule has 10 heteroatoms. The second-order valence-corrected chi connectivity index (χ2v) is 13.2. The maximum absolute atomic E-state index is 13.8. The van der Waals surface area contributed by atoms with E-state index in [9.17, 15) is 19.5 Å². The first-order valence-corrected chi connectivity index (χ1v) is 14.6. The molecule has 0 aromatic heterocycles. The maximum Gasteiger partial charge on any atom is 0.329 e. The fraction of sp³-hybridized carbons (Fsp3) is 0.387. The average Bonchev–Trinajstić information content (AvgIpc) is 2.89. The van der Waals surface area contributed by atoms with Gasteiger partial charge in [-0.1, -0.05) is 79.8 Å². The molecule has 1 aliphatic rings. The van der Waals surface area contributed by atoms with Crippen molar-refractivity contribution in [3.05, 3.63) is 69.2 Å². The van der Waals surface area contributed by atoms with E-state index in [4.69, 9.17) is 34.8 Å². The van der Waals surface area contributed by atoms with E-state index in [1.807, 2.05) is 24.3 Å². The van der Waals surface area contributed by atoms with Crippen molar-refractivity contribution < 1.29 is 19.5 Å². The molecule has 218 valence electrons. The molecule has 3 aromatic carbocycles. The number of urea groups is 1. The lowest BCUT2D eigenvalue weighted by atomic mass is 9.66. The van der Waals surface area contributed by atoms with E-state index in [0.29, 0.717) is 23.8 Å². The van der Waals surface area contributed by atoms with Crippen LogP contribution in [0.2, 0.25) is 15.1 Å². The third kappa shape index (κ3) is 6.91. The standard InChI is InChI=1S/C31H34Cl3N3O4/c1-30(2,3)19-9-11-20(12-10-19)31(4,28(39)40)37-27(38)22-13-17-7-5-6-8-18(17)14-25(22)35-29(41)36-26-23(33)15-21(32)16-24(26)34/h5-8,13-16,19-20H,9-12H2,1-4H3,(H,37,38)(H,39,40)(H2,35,36,41)/t19-,20-,31-/m0/s1. The van der Waals surface area contributed by atoms with Gasteiger partial charge in [-0.25, -0.2) is 9.59 Å². The fourth-order valence-electron chi connectivity index (χ4n) is 5.63. The Balaban J connectivity index is 1.62. The van der Waals surface area contributed by atoms with Crippen LogP contribution in [0.15, 0.2) is 48.5 Å². The van der Waals surface area contributed by atoms with Gasteiger partial charge in [0.2, 0.25) is 0 Å². The van der Waals surface area contributed by atoms with Crippen LogP contribution >= 0.6 is 34.8 Å². The van der Waals surface area contributed by atoms with Crippen molar-refractivity contribution in [3.63, 3.8) is 0 Å². The van der Waals surface area contributed by atoms with Gasteiger partial charge in [0.25, 0.3) is 5.91 Å². The molecule has 0 saturated heterocycles. The van der Waals surface area contributed by atoms with Gasteiger partial charge in [-0.2, -0.15) is 0 Å². The van der Waals surface area contributed by atoms with Crippen molar-refractivity contribution in [1.29, 1.82) is 0 Å². The first-order chi connectivity index (χ1) is 19.2.